The first kappa shape index (κ1) is 9.49. The Balaban J connectivity index is 2.17. The zero-order valence-electron chi connectivity index (χ0n) is 8.77. The summed E-state index contributed by atoms with van der Waals surface area (Å²) in [4.78, 5) is 2.18. The quantitative estimate of drug-likeness (QED) is 0.703. The molecule has 0 saturated carbocycles. The van der Waals surface area contributed by atoms with E-state index in [0.717, 1.165) is 13.0 Å². The topological polar surface area (TPSA) is 32.5 Å². The predicted octanol–water partition coefficient (Wildman–Crippen LogP) is 0.853. The first-order chi connectivity index (χ1) is 6.68. The molecule has 1 atom stereocenters. The van der Waals surface area contributed by atoms with Crippen LogP contribution in [-0.2, 0) is 6.42 Å². The van der Waals surface area contributed by atoms with Crippen molar-refractivity contribution in [1.29, 1.82) is 0 Å². The summed E-state index contributed by atoms with van der Waals surface area (Å²) in [5, 5.41) is 1.90. The van der Waals surface area contributed by atoms with Crippen molar-refractivity contribution in [1.82, 2.24) is 4.90 Å². The average Bonchev–Trinajstić information content (AvgIpc) is 2.44. The van der Waals surface area contributed by atoms with Crippen LogP contribution in [0, 0.1) is 0 Å². The van der Waals surface area contributed by atoms with Gasteiger partial charge in [0.1, 0.15) is 0 Å². The van der Waals surface area contributed by atoms with Gasteiger partial charge in [0.2, 0.25) is 0 Å². The largest absolute Gasteiger partial charge is 0.307 e. The maximum absolute atomic E-state index is 6.05. The van der Waals surface area contributed by atoms with Gasteiger partial charge in [0.05, 0.1) is 11.7 Å². The summed E-state index contributed by atoms with van der Waals surface area (Å²) in [6.45, 7) is 1.01. The Morgan fingerprint density at radius 2 is 2.14 bits per heavy atom. The zero-order valence-corrected chi connectivity index (χ0v) is 8.77. The van der Waals surface area contributed by atoms with Gasteiger partial charge in [-0.3, -0.25) is 0 Å². The fourth-order valence-electron chi connectivity index (χ4n) is 2.06. The molecule has 0 amide bonds. The van der Waals surface area contributed by atoms with Crippen molar-refractivity contribution in [3.05, 3.63) is 29.8 Å². The standard InChI is InChI=1S/C11H17N3/c1-13(2)8-10-7-9-5-3-4-6-11(9)14(10)12/h3-6,10H,7-8,12H2,1-2H3. The molecule has 0 aromatic heterocycles. The molecule has 1 aliphatic rings. The van der Waals surface area contributed by atoms with Gasteiger partial charge in [-0.25, -0.2) is 5.84 Å². The Morgan fingerprint density at radius 3 is 2.79 bits per heavy atom. The molecule has 0 radical (unpaired) electrons. The lowest BCUT2D eigenvalue weighted by Gasteiger charge is -2.24. The Hall–Kier alpha value is -1.06. The molecule has 2 N–H and O–H groups in total. The van der Waals surface area contributed by atoms with Crippen LogP contribution in [-0.4, -0.2) is 31.6 Å². The molecule has 0 bridgehead atoms. The molecule has 76 valence electrons. The second-order valence-corrected chi connectivity index (χ2v) is 4.16. The highest BCUT2D eigenvalue weighted by molar-refractivity contribution is 5.58. The van der Waals surface area contributed by atoms with Gasteiger partial charge in [0.25, 0.3) is 0 Å². The monoisotopic (exact) mass is 191 g/mol. The molecule has 1 heterocycles. The number of likely N-dealkylation sites (N-methyl/N-ethyl adjacent to an activating group) is 1. The molecule has 3 heteroatoms. The molecular formula is C11H17N3. The van der Waals surface area contributed by atoms with E-state index in [1.54, 1.807) is 0 Å². The van der Waals surface area contributed by atoms with Gasteiger partial charge in [0, 0.05) is 6.54 Å². The molecule has 0 saturated heterocycles. The Kier molecular flexibility index (Phi) is 2.44. The Bertz CT molecular complexity index is 322. The van der Waals surface area contributed by atoms with Crippen LogP contribution in [0.2, 0.25) is 0 Å². The molecule has 1 aliphatic heterocycles. The number of hydrogen-bond acceptors (Lipinski definition) is 3. The maximum Gasteiger partial charge on any atom is 0.0620 e. The number of benzene rings is 1. The van der Waals surface area contributed by atoms with Gasteiger partial charge in [0.15, 0.2) is 0 Å². The number of nitrogens with two attached hydrogens (primary N) is 1. The normalized spacial score (nSPS) is 20.3. The van der Waals surface area contributed by atoms with Gasteiger partial charge in [-0.05, 0) is 32.1 Å². The molecular weight excluding hydrogens is 174 g/mol. The summed E-state index contributed by atoms with van der Waals surface area (Å²) in [6, 6.07) is 8.78. The highest BCUT2D eigenvalue weighted by Gasteiger charge is 2.26. The minimum Gasteiger partial charge on any atom is -0.307 e. The molecule has 1 aromatic rings. The lowest BCUT2D eigenvalue weighted by molar-refractivity contribution is 0.367. The summed E-state index contributed by atoms with van der Waals surface area (Å²) in [5.41, 5.74) is 2.54. The summed E-state index contributed by atoms with van der Waals surface area (Å²) in [6.07, 6.45) is 1.06. The maximum atomic E-state index is 6.05. The number of hydrogen-bond donors (Lipinski definition) is 1. The molecule has 3 nitrogen and oxygen atoms in total. The van der Waals surface area contributed by atoms with Crippen molar-refractivity contribution in [3.63, 3.8) is 0 Å². The number of anilines is 1. The Morgan fingerprint density at radius 1 is 1.43 bits per heavy atom. The third-order valence-electron chi connectivity index (χ3n) is 2.69. The Labute approximate surface area is 85.1 Å². The molecule has 0 fully saturated rings. The van der Waals surface area contributed by atoms with E-state index in [4.69, 9.17) is 5.84 Å². The first-order valence-corrected chi connectivity index (χ1v) is 4.95. The number of rotatable bonds is 2. The summed E-state index contributed by atoms with van der Waals surface area (Å²) < 4.78 is 0. The van der Waals surface area contributed by atoms with E-state index in [0.29, 0.717) is 6.04 Å². The van der Waals surface area contributed by atoms with Gasteiger partial charge in [-0.2, -0.15) is 0 Å². The summed E-state index contributed by atoms with van der Waals surface area (Å²) in [5.74, 6) is 6.05. The highest BCUT2D eigenvalue weighted by atomic mass is 15.4. The van der Waals surface area contributed by atoms with Crippen LogP contribution in [0.3, 0.4) is 0 Å². The average molecular weight is 191 g/mol. The highest BCUT2D eigenvalue weighted by Crippen LogP contribution is 2.29. The first-order valence-electron chi connectivity index (χ1n) is 4.95. The predicted molar refractivity (Wildman–Crippen MR) is 59.2 cm³/mol. The van der Waals surface area contributed by atoms with Crippen LogP contribution in [0.4, 0.5) is 5.69 Å². The van der Waals surface area contributed by atoms with Crippen molar-refractivity contribution in [2.75, 3.05) is 25.6 Å². The smallest absolute Gasteiger partial charge is 0.0620 e. The number of hydrazine groups is 1. The molecule has 1 aromatic carbocycles. The van der Waals surface area contributed by atoms with Crippen molar-refractivity contribution in [2.24, 2.45) is 5.84 Å². The SMILES string of the molecule is CN(C)CC1Cc2ccccc2N1N. The van der Waals surface area contributed by atoms with Gasteiger partial charge >= 0.3 is 0 Å². The summed E-state index contributed by atoms with van der Waals surface area (Å²) >= 11 is 0. The third-order valence-corrected chi connectivity index (χ3v) is 2.69. The molecule has 2 rings (SSSR count). The van der Waals surface area contributed by atoms with Crippen molar-refractivity contribution in [3.8, 4) is 0 Å². The van der Waals surface area contributed by atoms with Crippen molar-refractivity contribution in [2.45, 2.75) is 12.5 Å². The van der Waals surface area contributed by atoms with Gasteiger partial charge < -0.3 is 9.91 Å². The number of nitrogens with zero attached hydrogens (tertiary/aromatic N) is 2. The lowest BCUT2D eigenvalue weighted by Crippen LogP contribution is -2.44. The minimum atomic E-state index is 0.419. The number of para-hydroxylation sites is 1. The third kappa shape index (κ3) is 1.61. The molecule has 1 unspecified atom stereocenters. The molecule has 0 spiro atoms. The van der Waals surface area contributed by atoms with E-state index in [1.165, 1.54) is 11.3 Å². The van der Waals surface area contributed by atoms with Gasteiger partial charge in [-0.15, -0.1) is 0 Å². The van der Waals surface area contributed by atoms with E-state index in [2.05, 4.69) is 37.2 Å². The van der Waals surface area contributed by atoms with Crippen LogP contribution in [0.25, 0.3) is 0 Å². The van der Waals surface area contributed by atoms with Crippen molar-refractivity contribution < 1.29 is 0 Å². The van der Waals surface area contributed by atoms with Crippen LogP contribution >= 0.6 is 0 Å². The van der Waals surface area contributed by atoms with Gasteiger partial charge in [-0.1, -0.05) is 18.2 Å². The second kappa shape index (κ2) is 3.59. The molecule has 0 aliphatic carbocycles. The fraction of sp³-hybridized carbons (Fsp3) is 0.455. The van der Waals surface area contributed by atoms with Crippen LogP contribution in [0.15, 0.2) is 24.3 Å². The second-order valence-electron chi connectivity index (χ2n) is 4.16. The van der Waals surface area contributed by atoms with E-state index in [9.17, 15) is 0 Å². The number of fused-ring (bicyclic) bond motifs is 1. The van der Waals surface area contributed by atoms with E-state index in [1.807, 2.05) is 11.1 Å². The summed E-state index contributed by atoms with van der Waals surface area (Å²) in [7, 11) is 4.16. The van der Waals surface area contributed by atoms with E-state index in [-0.39, 0.29) is 0 Å². The minimum absolute atomic E-state index is 0.419. The van der Waals surface area contributed by atoms with Crippen LogP contribution < -0.4 is 10.9 Å². The fourth-order valence-corrected chi connectivity index (χ4v) is 2.06. The van der Waals surface area contributed by atoms with Crippen molar-refractivity contribution >= 4 is 5.69 Å². The van der Waals surface area contributed by atoms with E-state index >= 15 is 0 Å². The lowest BCUT2D eigenvalue weighted by atomic mass is 10.1. The molecule has 14 heavy (non-hydrogen) atoms. The van der Waals surface area contributed by atoms with Crippen LogP contribution in [0.1, 0.15) is 5.56 Å². The zero-order chi connectivity index (χ0) is 10.1. The van der Waals surface area contributed by atoms with Crippen LogP contribution in [0.5, 0.6) is 0 Å². The van der Waals surface area contributed by atoms with E-state index < -0.39 is 0 Å².